The Kier molecular flexibility index (Phi) is 4.65. The number of nitrogens with zero attached hydrogens (tertiary/aromatic N) is 1. The van der Waals surface area contributed by atoms with E-state index < -0.39 is 0 Å². The largest absolute Gasteiger partial charge is 0.347 e. The quantitative estimate of drug-likeness (QED) is 0.855. The molecule has 2 heterocycles. The van der Waals surface area contributed by atoms with Crippen LogP contribution in [0.3, 0.4) is 0 Å². The first-order valence-corrected chi connectivity index (χ1v) is 8.51. The Labute approximate surface area is 123 Å². The maximum atomic E-state index is 5.97. The van der Waals surface area contributed by atoms with Gasteiger partial charge in [0, 0.05) is 31.5 Å². The molecular formula is C16H30N2O2. The first kappa shape index (κ1) is 14.8. The van der Waals surface area contributed by atoms with Gasteiger partial charge in [0.05, 0.1) is 13.2 Å². The predicted molar refractivity (Wildman–Crippen MR) is 79.7 cm³/mol. The second-order valence-corrected chi connectivity index (χ2v) is 6.64. The lowest BCUT2D eigenvalue weighted by Crippen LogP contribution is -2.57. The smallest absolute Gasteiger partial charge is 0.170 e. The fourth-order valence-corrected chi connectivity index (χ4v) is 4.27. The second-order valence-electron chi connectivity index (χ2n) is 6.64. The van der Waals surface area contributed by atoms with Crippen LogP contribution in [0.4, 0.5) is 0 Å². The number of hydrogen-bond acceptors (Lipinski definition) is 4. The fourth-order valence-electron chi connectivity index (χ4n) is 4.27. The van der Waals surface area contributed by atoms with Gasteiger partial charge in [-0.1, -0.05) is 20.3 Å². The third-order valence-corrected chi connectivity index (χ3v) is 5.46. The molecule has 2 saturated heterocycles. The van der Waals surface area contributed by atoms with Gasteiger partial charge in [0.25, 0.3) is 0 Å². The highest BCUT2D eigenvalue weighted by molar-refractivity contribution is 4.98. The average molecular weight is 282 g/mol. The highest BCUT2D eigenvalue weighted by Gasteiger charge is 2.47. The van der Waals surface area contributed by atoms with Crippen LogP contribution >= 0.6 is 0 Å². The maximum Gasteiger partial charge on any atom is 0.170 e. The van der Waals surface area contributed by atoms with Crippen LogP contribution in [0.15, 0.2) is 0 Å². The molecule has 4 nitrogen and oxygen atoms in total. The van der Waals surface area contributed by atoms with Crippen LogP contribution < -0.4 is 5.32 Å². The number of ether oxygens (including phenoxy) is 2. The minimum Gasteiger partial charge on any atom is -0.347 e. The Morgan fingerprint density at radius 3 is 2.65 bits per heavy atom. The highest BCUT2D eigenvalue weighted by Crippen LogP contribution is 2.39. The van der Waals surface area contributed by atoms with Crippen molar-refractivity contribution in [1.29, 1.82) is 0 Å². The van der Waals surface area contributed by atoms with Crippen molar-refractivity contribution < 1.29 is 9.47 Å². The standard InChI is InChI=1S/C16H30N2O2/c1-3-13-6-8-18(12-13)15-11-16(19-9-10-20-16)7-5-14(15)17-4-2/h13-15,17H,3-12H2,1-2H3. The molecule has 4 heteroatoms. The molecule has 0 aromatic rings. The van der Waals surface area contributed by atoms with Gasteiger partial charge in [-0.15, -0.1) is 0 Å². The monoisotopic (exact) mass is 282 g/mol. The summed E-state index contributed by atoms with van der Waals surface area (Å²) in [6, 6.07) is 1.19. The van der Waals surface area contributed by atoms with Crippen LogP contribution in [0.2, 0.25) is 0 Å². The van der Waals surface area contributed by atoms with Gasteiger partial charge in [0.1, 0.15) is 0 Å². The van der Waals surface area contributed by atoms with Crippen LogP contribution in [-0.4, -0.2) is 55.6 Å². The molecule has 0 bridgehead atoms. The van der Waals surface area contributed by atoms with Gasteiger partial charge in [-0.25, -0.2) is 0 Å². The zero-order valence-corrected chi connectivity index (χ0v) is 13.1. The Bertz CT molecular complexity index is 318. The summed E-state index contributed by atoms with van der Waals surface area (Å²) in [5.41, 5.74) is 0. The first-order valence-electron chi connectivity index (χ1n) is 8.51. The summed E-state index contributed by atoms with van der Waals surface area (Å²) in [7, 11) is 0. The van der Waals surface area contributed by atoms with Crippen LogP contribution in [0, 0.1) is 5.92 Å². The molecule has 1 spiro atoms. The summed E-state index contributed by atoms with van der Waals surface area (Å²) in [4.78, 5) is 2.70. The molecule has 0 radical (unpaired) electrons. The van der Waals surface area contributed by atoms with Crippen LogP contribution in [0.5, 0.6) is 0 Å². The summed E-state index contributed by atoms with van der Waals surface area (Å²) >= 11 is 0. The Morgan fingerprint density at radius 2 is 2.00 bits per heavy atom. The van der Waals surface area contributed by atoms with E-state index in [4.69, 9.17) is 9.47 Å². The summed E-state index contributed by atoms with van der Waals surface area (Å²) < 4.78 is 11.9. The second kappa shape index (κ2) is 6.30. The zero-order chi connectivity index (χ0) is 14.0. The van der Waals surface area contributed by atoms with Gasteiger partial charge in [0.15, 0.2) is 5.79 Å². The molecule has 116 valence electrons. The number of likely N-dealkylation sites (tertiary alicyclic amines) is 1. The van der Waals surface area contributed by atoms with Crippen molar-refractivity contribution in [3.8, 4) is 0 Å². The molecule has 3 rings (SSSR count). The van der Waals surface area contributed by atoms with Crippen LogP contribution in [0.1, 0.15) is 46.0 Å². The molecule has 3 aliphatic rings. The molecular weight excluding hydrogens is 252 g/mol. The van der Waals surface area contributed by atoms with E-state index in [2.05, 4.69) is 24.1 Å². The van der Waals surface area contributed by atoms with Crippen molar-refractivity contribution in [2.45, 2.75) is 63.8 Å². The Hall–Kier alpha value is -0.160. The van der Waals surface area contributed by atoms with Crippen molar-refractivity contribution in [2.75, 3.05) is 32.8 Å². The van der Waals surface area contributed by atoms with E-state index >= 15 is 0 Å². The molecule has 3 fully saturated rings. The van der Waals surface area contributed by atoms with Crippen LogP contribution in [0.25, 0.3) is 0 Å². The normalized spacial score (nSPS) is 37.8. The Balaban J connectivity index is 1.69. The summed E-state index contributed by atoms with van der Waals surface area (Å²) in [5, 5.41) is 3.70. The third-order valence-electron chi connectivity index (χ3n) is 5.46. The molecule has 0 amide bonds. The Morgan fingerprint density at radius 1 is 1.20 bits per heavy atom. The number of hydrogen-bond donors (Lipinski definition) is 1. The highest BCUT2D eigenvalue weighted by atomic mass is 16.7. The first-order chi connectivity index (χ1) is 9.76. The van der Waals surface area contributed by atoms with Gasteiger partial charge in [0.2, 0.25) is 0 Å². The van der Waals surface area contributed by atoms with Crippen LogP contribution in [-0.2, 0) is 9.47 Å². The number of rotatable bonds is 4. The molecule has 3 unspecified atom stereocenters. The van der Waals surface area contributed by atoms with E-state index in [0.29, 0.717) is 12.1 Å². The maximum absolute atomic E-state index is 5.97. The van der Waals surface area contributed by atoms with Gasteiger partial charge >= 0.3 is 0 Å². The minimum atomic E-state index is -0.263. The van der Waals surface area contributed by atoms with Crippen molar-refractivity contribution in [1.82, 2.24) is 10.2 Å². The summed E-state index contributed by atoms with van der Waals surface area (Å²) in [6.07, 6.45) is 5.94. The van der Waals surface area contributed by atoms with Gasteiger partial charge in [-0.05, 0) is 31.8 Å². The predicted octanol–water partition coefficient (Wildman–Crippen LogP) is 1.99. The lowest BCUT2D eigenvalue weighted by Gasteiger charge is -2.45. The number of nitrogens with one attached hydrogen (secondary N) is 1. The zero-order valence-electron chi connectivity index (χ0n) is 13.1. The molecule has 1 N–H and O–H groups in total. The molecule has 1 saturated carbocycles. The van der Waals surface area contributed by atoms with E-state index in [0.717, 1.165) is 38.5 Å². The minimum absolute atomic E-state index is 0.263. The molecule has 20 heavy (non-hydrogen) atoms. The lowest BCUT2D eigenvalue weighted by atomic mass is 9.84. The van der Waals surface area contributed by atoms with E-state index in [1.54, 1.807) is 0 Å². The molecule has 1 aliphatic carbocycles. The molecule has 3 atom stereocenters. The van der Waals surface area contributed by atoms with Gasteiger partial charge in [-0.3, -0.25) is 4.90 Å². The fraction of sp³-hybridized carbons (Fsp3) is 1.00. The average Bonchev–Trinajstić information content (AvgIpc) is 3.11. The van der Waals surface area contributed by atoms with E-state index in [1.807, 2.05) is 0 Å². The summed E-state index contributed by atoms with van der Waals surface area (Å²) in [6.45, 7) is 9.65. The van der Waals surface area contributed by atoms with Crippen molar-refractivity contribution in [2.24, 2.45) is 5.92 Å². The SMILES string of the molecule is CCNC1CCC2(CC1N1CCC(CC)C1)OCCO2. The van der Waals surface area contributed by atoms with Gasteiger partial charge in [-0.2, -0.15) is 0 Å². The van der Waals surface area contributed by atoms with Crippen molar-refractivity contribution in [3.05, 3.63) is 0 Å². The molecule has 0 aromatic heterocycles. The third kappa shape index (κ3) is 2.89. The number of likely N-dealkylation sites (N-methyl/N-ethyl adjacent to an activating group) is 1. The van der Waals surface area contributed by atoms with E-state index in [9.17, 15) is 0 Å². The topological polar surface area (TPSA) is 33.7 Å². The van der Waals surface area contributed by atoms with Crippen molar-refractivity contribution >= 4 is 0 Å². The van der Waals surface area contributed by atoms with E-state index in [1.165, 1.54) is 32.4 Å². The summed E-state index contributed by atoms with van der Waals surface area (Å²) in [5.74, 6) is 0.626. The molecule has 2 aliphatic heterocycles. The lowest BCUT2D eigenvalue weighted by molar-refractivity contribution is -0.192. The van der Waals surface area contributed by atoms with Gasteiger partial charge < -0.3 is 14.8 Å². The van der Waals surface area contributed by atoms with Crippen molar-refractivity contribution in [3.63, 3.8) is 0 Å². The molecule has 0 aromatic carbocycles. The van der Waals surface area contributed by atoms with E-state index in [-0.39, 0.29) is 5.79 Å².